The van der Waals surface area contributed by atoms with Gasteiger partial charge < -0.3 is 14.0 Å². The third-order valence-corrected chi connectivity index (χ3v) is 5.47. The van der Waals surface area contributed by atoms with Gasteiger partial charge >= 0.3 is 0 Å². The van der Waals surface area contributed by atoms with E-state index in [1.807, 2.05) is 18.2 Å². The predicted molar refractivity (Wildman–Crippen MR) is 117 cm³/mol. The number of benzene rings is 1. The monoisotopic (exact) mass is 394 g/mol. The highest BCUT2D eigenvalue weighted by Gasteiger charge is 2.18. The Morgan fingerprint density at radius 2 is 2.03 bits per heavy atom. The Bertz CT molecular complexity index is 807. The fraction of sp³-hybridized carbons (Fsp3) is 0.480. The van der Waals surface area contributed by atoms with E-state index in [1.165, 1.54) is 30.7 Å². The van der Waals surface area contributed by atoms with Crippen molar-refractivity contribution in [2.45, 2.75) is 65.2 Å². The molecule has 4 nitrogen and oxygen atoms in total. The van der Waals surface area contributed by atoms with Crippen LogP contribution in [0, 0.1) is 5.92 Å². The molecule has 1 aromatic heterocycles. The molecule has 1 aliphatic carbocycles. The molecule has 2 aromatic rings. The molecule has 0 amide bonds. The van der Waals surface area contributed by atoms with E-state index in [-0.39, 0.29) is 0 Å². The fourth-order valence-electron chi connectivity index (χ4n) is 3.77. The first-order chi connectivity index (χ1) is 14.2. The minimum atomic E-state index is 0.454. The summed E-state index contributed by atoms with van der Waals surface area (Å²) >= 11 is 0. The van der Waals surface area contributed by atoms with Crippen LogP contribution in [0.3, 0.4) is 0 Å². The van der Waals surface area contributed by atoms with Crippen molar-refractivity contribution in [3.8, 4) is 0 Å². The number of ether oxygens (including phenoxy) is 2. The minimum absolute atomic E-state index is 0.454. The molecule has 1 heterocycles. The third-order valence-electron chi connectivity index (χ3n) is 5.47. The molecule has 0 saturated carbocycles. The number of hydrogen-bond acceptors (Lipinski definition) is 3. The first-order valence-electron chi connectivity index (χ1n) is 10.8. The average molecular weight is 395 g/mol. The van der Waals surface area contributed by atoms with Crippen molar-refractivity contribution < 1.29 is 9.47 Å². The summed E-state index contributed by atoms with van der Waals surface area (Å²) in [4.78, 5) is 4.96. The van der Waals surface area contributed by atoms with Gasteiger partial charge in [-0.05, 0) is 36.5 Å². The summed E-state index contributed by atoms with van der Waals surface area (Å²) in [5.41, 5.74) is 2.21. The molecule has 0 aliphatic heterocycles. The summed E-state index contributed by atoms with van der Waals surface area (Å²) in [6, 6.07) is 10.3. The van der Waals surface area contributed by atoms with E-state index < -0.39 is 0 Å². The zero-order valence-corrected chi connectivity index (χ0v) is 18.0. The highest BCUT2D eigenvalue weighted by molar-refractivity contribution is 5.19. The number of unbranched alkanes of at least 4 members (excludes halogenated alkanes) is 1. The SMILES string of the molecule is CCCCC(C)c1nc(COCc2ccccc2)cn1CC1C=CC(OC)=CC1. The Morgan fingerprint density at radius 3 is 2.72 bits per heavy atom. The first kappa shape index (κ1) is 21.4. The predicted octanol–water partition coefficient (Wildman–Crippen LogP) is 6.00. The van der Waals surface area contributed by atoms with E-state index in [9.17, 15) is 0 Å². The largest absolute Gasteiger partial charge is 0.497 e. The smallest absolute Gasteiger partial charge is 0.114 e. The molecule has 0 radical (unpaired) electrons. The average Bonchev–Trinajstić information content (AvgIpc) is 3.16. The summed E-state index contributed by atoms with van der Waals surface area (Å²) in [6.45, 7) is 6.65. The minimum Gasteiger partial charge on any atom is -0.497 e. The van der Waals surface area contributed by atoms with Gasteiger partial charge in [-0.15, -0.1) is 0 Å². The van der Waals surface area contributed by atoms with E-state index in [1.54, 1.807) is 7.11 Å². The van der Waals surface area contributed by atoms with E-state index in [0.717, 1.165) is 24.4 Å². The molecule has 4 heteroatoms. The molecule has 0 spiro atoms. The molecule has 0 N–H and O–H groups in total. The molecule has 0 fully saturated rings. The van der Waals surface area contributed by atoms with Crippen molar-refractivity contribution in [1.29, 1.82) is 0 Å². The van der Waals surface area contributed by atoms with E-state index in [2.05, 4.69) is 55.0 Å². The van der Waals surface area contributed by atoms with Crippen molar-refractivity contribution >= 4 is 0 Å². The van der Waals surface area contributed by atoms with Crippen LogP contribution in [0.4, 0.5) is 0 Å². The standard InChI is InChI=1S/C25H34N2O2/c1-4-5-9-20(2)25-26-23(19-29-18-22-10-7-6-8-11-22)17-27(25)16-21-12-14-24(28-3)15-13-21/h6-8,10-12,14-15,17,20-21H,4-5,9,13,16,18-19H2,1-3H3. The fourth-order valence-corrected chi connectivity index (χ4v) is 3.77. The van der Waals surface area contributed by atoms with E-state index >= 15 is 0 Å². The second-order valence-corrected chi connectivity index (χ2v) is 7.93. The number of aromatic nitrogens is 2. The van der Waals surface area contributed by atoms with Gasteiger partial charge in [0.15, 0.2) is 0 Å². The van der Waals surface area contributed by atoms with Gasteiger partial charge in [-0.3, -0.25) is 0 Å². The van der Waals surface area contributed by atoms with Crippen LogP contribution < -0.4 is 0 Å². The van der Waals surface area contributed by atoms with Crippen LogP contribution >= 0.6 is 0 Å². The summed E-state index contributed by atoms with van der Waals surface area (Å²) in [7, 11) is 1.72. The van der Waals surface area contributed by atoms with Crippen LogP contribution in [0.1, 0.15) is 62.5 Å². The maximum absolute atomic E-state index is 5.94. The number of nitrogens with zero attached hydrogens (tertiary/aromatic N) is 2. The number of hydrogen-bond donors (Lipinski definition) is 0. The Balaban J connectivity index is 1.66. The molecule has 1 aromatic carbocycles. The van der Waals surface area contributed by atoms with Crippen molar-refractivity contribution in [1.82, 2.24) is 9.55 Å². The zero-order chi connectivity index (χ0) is 20.5. The third kappa shape index (κ3) is 6.33. The summed E-state index contributed by atoms with van der Waals surface area (Å²) < 4.78 is 13.6. The molecular formula is C25H34N2O2. The quantitative estimate of drug-likeness (QED) is 0.469. The molecule has 3 rings (SSSR count). The highest BCUT2D eigenvalue weighted by Crippen LogP contribution is 2.25. The van der Waals surface area contributed by atoms with Crippen LogP contribution in [-0.2, 0) is 29.2 Å². The molecule has 2 unspecified atom stereocenters. The topological polar surface area (TPSA) is 36.3 Å². The van der Waals surface area contributed by atoms with Gasteiger partial charge in [0.1, 0.15) is 11.6 Å². The molecular weight excluding hydrogens is 360 g/mol. The maximum Gasteiger partial charge on any atom is 0.114 e. The van der Waals surface area contributed by atoms with Gasteiger partial charge in [0.2, 0.25) is 0 Å². The van der Waals surface area contributed by atoms with Gasteiger partial charge in [-0.2, -0.15) is 0 Å². The van der Waals surface area contributed by atoms with Gasteiger partial charge in [0, 0.05) is 18.7 Å². The van der Waals surface area contributed by atoms with Crippen LogP contribution in [0.25, 0.3) is 0 Å². The normalized spacial score (nSPS) is 17.2. The Hall–Kier alpha value is -2.33. The van der Waals surface area contributed by atoms with Crippen LogP contribution in [-0.4, -0.2) is 16.7 Å². The lowest BCUT2D eigenvalue weighted by molar-refractivity contribution is 0.104. The van der Waals surface area contributed by atoms with E-state index in [0.29, 0.717) is 25.0 Å². The molecule has 156 valence electrons. The van der Waals surface area contributed by atoms with Crippen LogP contribution in [0.2, 0.25) is 0 Å². The molecule has 2 atom stereocenters. The second kappa shape index (κ2) is 11.0. The number of allylic oxidation sites excluding steroid dienone is 3. The summed E-state index contributed by atoms with van der Waals surface area (Å²) in [5, 5.41) is 0. The van der Waals surface area contributed by atoms with Gasteiger partial charge in [0.05, 0.1) is 26.0 Å². The van der Waals surface area contributed by atoms with Crippen LogP contribution in [0.15, 0.2) is 60.5 Å². The van der Waals surface area contributed by atoms with Gasteiger partial charge in [-0.1, -0.05) is 63.1 Å². The van der Waals surface area contributed by atoms with Crippen molar-refractivity contribution in [3.63, 3.8) is 0 Å². The molecule has 0 saturated heterocycles. The molecule has 0 bridgehead atoms. The highest BCUT2D eigenvalue weighted by atomic mass is 16.5. The van der Waals surface area contributed by atoms with Gasteiger partial charge in [0.25, 0.3) is 0 Å². The van der Waals surface area contributed by atoms with Crippen LogP contribution in [0.5, 0.6) is 0 Å². The number of rotatable bonds is 11. The lowest BCUT2D eigenvalue weighted by Crippen LogP contribution is -2.14. The molecule has 1 aliphatic rings. The van der Waals surface area contributed by atoms with Gasteiger partial charge in [-0.25, -0.2) is 4.98 Å². The van der Waals surface area contributed by atoms with Crippen molar-refractivity contribution in [3.05, 3.63) is 77.6 Å². The Labute approximate surface area is 175 Å². The molecule has 29 heavy (non-hydrogen) atoms. The summed E-state index contributed by atoms with van der Waals surface area (Å²) in [6.07, 6.45) is 13.3. The Kier molecular flexibility index (Phi) is 8.12. The van der Waals surface area contributed by atoms with Crippen molar-refractivity contribution in [2.75, 3.05) is 7.11 Å². The maximum atomic E-state index is 5.94. The zero-order valence-electron chi connectivity index (χ0n) is 18.0. The van der Waals surface area contributed by atoms with E-state index in [4.69, 9.17) is 14.5 Å². The second-order valence-electron chi connectivity index (χ2n) is 7.93. The lowest BCUT2D eigenvalue weighted by atomic mass is 9.99. The number of imidazole rings is 1. The number of methoxy groups -OCH3 is 1. The summed E-state index contributed by atoms with van der Waals surface area (Å²) in [5.74, 6) is 3.07. The lowest BCUT2D eigenvalue weighted by Gasteiger charge is -2.19. The first-order valence-corrected chi connectivity index (χ1v) is 10.8. The Morgan fingerprint density at radius 1 is 1.21 bits per heavy atom. The van der Waals surface area contributed by atoms with Crippen molar-refractivity contribution in [2.24, 2.45) is 5.92 Å².